The van der Waals surface area contributed by atoms with E-state index in [0.717, 1.165) is 23.8 Å². The average molecular weight is 274 g/mol. The van der Waals surface area contributed by atoms with Crippen LogP contribution in [0.3, 0.4) is 0 Å². The minimum atomic E-state index is 0.788. The Labute approximate surface area is 115 Å². The summed E-state index contributed by atoms with van der Waals surface area (Å²) in [5, 5.41) is 4.69. The van der Waals surface area contributed by atoms with E-state index < -0.39 is 0 Å². The lowest BCUT2D eigenvalue weighted by molar-refractivity contribution is 0.323. The molecule has 2 unspecified atom stereocenters. The number of hydrogen-bond donors (Lipinski definition) is 1. The normalized spacial score (nSPS) is 29.8. The molecule has 0 aromatic heterocycles. The summed E-state index contributed by atoms with van der Waals surface area (Å²) in [5.74, 6) is 5.06. The van der Waals surface area contributed by atoms with Gasteiger partial charge in [0.05, 0.1) is 0 Å². The van der Waals surface area contributed by atoms with Crippen molar-refractivity contribution in [3.8, 4) is 0 Å². The lowest BCUT2D eigenvalue weighted by atomic mass is 9.90. The second kappa shape index (κ2) is 7.96. The van der Waals surface area contributed by atoms with Crippen molar-refractivity contribution < 1.29 is 0 Å². The molecule has 0 amide bonds. The van der Waals surface area contributed by atoms with Crippen molar-refractivity contribution in [1.29, 1.82) is 0 Å². The van der Waals surface area contributed by atoms with Crippen molar-refractivity contribution in [2.75, 3.05) is 23.8 Å². The second-order valence-corrected chi connectivity index (χ2v) is 7.82. The van der Waals surface area contributed by atoms with Gasteiger partial charge in [0.2, 0.25) is 0 Å². The summed E-state index contributed by atoms with van der Waals surface area (Å²) in [5.41, 5.74) is 0. The SMILES string of the molecule is CCNC(C1CCCCCC1)C1CSCCS1. The molecule has 1 nitrogen and oxygen atoms in total. The third-order valence-electron chi connectivity index (χ3n) is 4.09. The first-order chi connectivity index (χ1) is 8.42. The van der Waals surface area contributed by atoms with Gasteiger partial charge in [-0.3, -0.25) is 0 Å². The molecule has 0 spiro atoms. The number of thioether (sulfide) groups is 2. The highest BCUT2D eigenvalue weighted by Crippen LogP contribution is 2.34. The van der Waals surface area contributed by atoms with Gasteiger partial charge in [-0.05, 0) is 25.3 Å². The van der Waals surface area contributed by atoms with Gasteiger partial charge in [0.1, 0.15) is 0 Å². The van der Waals surface area contributed by atoms with Crippen LogP contribution in [0.4, 0.5) is 0 Å². The van der Waals surface area contributed by atoms with E-state index in [0.29, 0.717) is 0 Å². The molecule has 1 saturated heterocycles. The Morgan fingerprint density at radius 2 is 1.88 bits per heavy atom. The van der Waals surface area contributed by atoms with Crippen LogP contribution < -0.4 is 5.32 Å². The summed E-state index contributed by atoms with van der Waals surface area (Å²) in [7, 11) is 0. The first-order valence-corrected chi connectivity index (χ1v) is 9.55. The van der Waals surface area contributed by atoms with Crippen LogP contribution in [-0.2, 0) is 0 Å². The molecule has 1 saturated carbocycles. The minimum Gasteiger partial charge on any atom is -0.313 e. The molecule has 2 rings (SSSR count). The lowest BCUT2D eigenvalue weighted by Gasteiger charge is -2.35. The van der Waals surface area contributed by atoms with E-state index in [2.05, 4.69) is 35.8 Å². The standard InChI is InChI=1S/C14H27NS2/c1-2-15-14(13-11-16-9-10-17-13)12-7-5-3-4-6-8-12/h12-15H,2-11H2,1H3. The van der Waals surface area contributed by atoms with Gasteiger partial charge >= 0.3 is 0 Å². The zero-order valence-corrected chi connectivity index (χ0v) is 12.8. The Balaban J connectivity index is 1.93. The van der Waals surface area contributed by atoms with E-state index in [1.807, 2.05) is 0 Å². The van der Waals surface area contributed by atoms with Crippen molar-refractivity contribution in [2.45, 2.75) is 56.7 Å². The third kappa shape index (κ3) is 4.36. The molecule has 0 bridgehead atoms. The Hall–Kier alpha value is 0.660. The van der Waals surface area contributed by atoms with Gasteiger partial charge in [0.15, 0.2) is 0 Å². The van der Waals surface area contributed by atoms with Crippen LogP contribution in [0.2, 0.25) is 0 Å². The van der Waals surface area contributed by atoms with E-state index in [1.54, 1.807) is 0 Å². The van der Waals surface area contributed by atoms with Gasteiger partial charge in [0.25, 0.3) is 0 Å². The van der Waals surface area contributed by atoms with Gasteiger partial charge in [0, 0.05) is 28.6 Å². The molecule has 2 atom stereocenters. The zero-order valence-electron chi connectivity index (χ0n) is 11.1. The Morgan fingerprint density at radius 1 is 1.12 bits per heavy atom. The van der Waals surface area contributed by atoms with Crippen molar-refractivity contribution >= 4 is 23.5 Å². The van der Waals surface area contributed by atoms with Crippen molar-refractivity contribution in [3.63, 3.8) is 0 Å². The molecule has 2 aliphatic rings. The van der Waals surface area contributed by atoms with Crippen LogP contribution in [0.1, 0.15) is 45.4 Å². The molecule has 17 heavy (non-hydrogen) atoms. The zero-order chi connectivity index (χ0) is 11.9. The Morgan fingerprint density at radius 3 is 2.47 bits per heavy atom. The monoisotopic (exact) mass is 273 g/mol. The predicted octanol–water partition coefficient (Wildman–Crippen LogP) is 3.78. The smallest absolute Gasteiger partial charge is 0.0294 e. The molecule has 1 aliphatic heterocycles. The maximum Gasteiger partial charge on any atom is 0.0294 e. The van der Waals surface area contributed by atoms with Gasteiger partial charge in [-0.25, -0.2) is 0 Å². The maximum atomic E-state index is 3.82. The second-order valence-electron chi connectivity index (χ2n) is 5.32. The minimum absolute atomic E-state index is 0.788. The molecule has 0 aromatic rings. The summed E-state index contributed by atoms with van der Waals surface area (Å²) in [6.45, 7) is 3.41. The fraction of sp³-hybridized carbons (Fsp3) is 1.00. The largest absolute Gasteiger partial charge is 0.313 e. The summed E-state index contributed by atoms with van der Waals surface area (Å²) in [4.78, 5) is 0. The molecular formula is C14H27NS2. The summed E-state index contributed by atoms with van der Waals surface area (Å²) in [6, 6.07) is 0.788. The van der Waals surface area contributed by atoms with Crippen LogP contribution in [0.5, 0.6) is 0 Å². The number of hydrogen-bond acceptors (Lipinski definition) is 3. The predicted molar refractivity (Wildman–Crippen MR) is 82.2 cm³/mol. The van der Waals surface area contributed by atoms with Gasteiger partial charge in [-0.15, -0.1) is 0 Å². The quantitative estimate of drug-likeness (QED) is 0.783. The molecule has 2 fully saturated rings. The van der Waals surface area contributed by atoms with E-state index in [9.17, 15) is 0 Å². The fourth-order valence-corrected chi connectivity index (χ4v) is 6.19. The fourth-order valence-electron chi connectivity index (χ4n) is 3.22. The Kier molecular flexibility index (Phi) is 6.59. The molecule has 1 heterocycles. The van der Waals surface area contributed by atoms with Crippen molar-refractivity contribution in [1.82, 2.24) is 5.32 Å². The highest BCUT2D eigenvalue weighted by Gasteiger charge is 2.30. The first-order valence-electron chi connectivity index (χ1n) is 7.34. The van der Waals surface area contributed by atoms with E-state index in [-0.39, 0.29) is 0 Å². The topological polar surface area (TPSA) is 12.0 Å². The molecule has 0 radical (unpaired) electrons. The molecule has 1 aliphatic carbocycles. The van der Waals surface area contributed by atoms with E-state index in [4.69, 9.17) is 0 Å². The van der Waals surface area contributed by atoms with Crippen LogP contribution >= 0.6 is 23.5 Å². The summed E-state index contributed by atoms with van der Waals surface area (Å²) < 4.78 is 0. The van der Waals surface area contributed by atoms with Crippen LogP contribution in [0.25, 0.3) is 0 Å². The van der Waals surface area contributed by atoms with Gasteiger partial charge < -0.3 is 5.32 Å². The highest BCUT2D eigenvalue weighted by molar-refractivity contribution is 8.06. The van der Waals surface area contributed by atoms with Gasteiger partial charge in [-0.1, -0.05) is 32.6 Å². The maximum absolute atomic E-state index is 3.82. The summed E-state index contributed by atoms with van der Waals surface area (Å²) in [6.07, 6.45) is 8.83. The number of nitrogens with one attached hydrogen (secondary N) is 1. The average Bonchev–Trinajstić information content (AvgIpc) is 2.66. The van der Waals surface area contributed by atoms with E-state index in [1.165, 1.54) is 55.8 Å². The van der Waals surface area contributed by atoms with Crippen LogP contribution in [0, 0.1) is 5.92 Å². The molecule has 100 valence electrons. The molecule has 1 N–H and O–H groups in total. The van der Waals surface area contributed by atoms with E-state index >= 15 is 0 Å². The molecule has 0 aromatic carbocycles. The van der Waals surface area contributed by atoms with Gasteiger partial charge in [-0.2, -0.15) is 23.5 Å². The summed E-state index contributed by atoms with van der Waals surface area (Å²) >= 11 is 4.39. The molecule has 3 heteroatoms. The lowest BCUT2D eigenvalue weighted by Crippen LogP contribution is -2.46. The highest BCUT2D eigenvalue weighted by atomic mass is 32.2. The van der Waals surface area contributed by atoms with Crippen molar-refractivity contribution in [3.05, 3.63) is 0 Å². The van der Waals surface area contributed by atoms with Crippen LogP contribution in [-0.4, -0.2) is 35.1 Å². The first kappa shape index (κ1) is 14.1. The number of rotatable bonds is 4. The van der Waals surface area contributed by atoms with Crippen molar-refractivity contribution in [2.24, 2.45) is 5.92 Å². The van der Waals surface area contributed by atoms with Crippen LogP contribution in [0.15, 0.2) is 0 Å². The Bertz CT molecular complexity index is 196. The molecular weight excluding hydrogens is 246 g/mol. The third-order valence-corrected chi connectivity index (χ3v) is 6.97.